The van der Waals surface area contributed by atoms with Crippen LogP contribution in [0.25, 0.3) is 22.7 Å². The number of H-pyrrole nitrogens is 1. The monoisotopic (exact) mass is 460 g/mol. The molecule has 4 aromatic rings. The highest BCUT2D eigenvalue weighted by atomic mass is 19.4. The van der Waals surface area contributed by atoms with E-state index in [1.807, 2.05) is 6.92 Å². The van der Waals surface area contributed by atoms with E-state index >= 15 is 0 Å². The number of ether oxygens (including phenoxy) is 1. The molecular weight excluding hydrogens is 441 g/mol. The first-order valence-corrected chi connectivity index (χ1v) is 9.96. The Hall–Kier alpha value is -3.93. The second-order valence-corrected chi connectivity index (χ2v) is 6.83. The number of rotatable bonds is 8. The first kappa shape index (κ1) is 22.3. The summed E-state index contributed by atoms with van der Waals surface area (Å²) in [4.78, 5) is 17.1. The zero-order chi connectivity index (χ0) is 23.4. The van der Waals surface area contributed by atoms with Crippen molar-refractivity contribution in [3.63, 3.8) is 0 Å². The fourth-order valence-corrected chi connectivity index (χ4v) is 3.10. The van der Waals surface area contributed by atoms with Crippen molar-refractivity contribution in [1.82, 2.24) is 25.0 Å². The Labute approximate surface area is 185 Å². The van der Waals surface area contributed by atoms with E-state index in [-0.39, 0.29) is 17.1 Å². The lowest BCUT2D eigenvalue weighted by Gasteiger charge is -2.04. The molecule has 4 heterocycles. The minimum Gasteiger partial charge on any atom is -0.451 e. The molecule has 0 bridgehead atoms. The molecule has 0 aliphatic heterocycles. The molecule has 1 amide bonds. The Morgan fingerprint density at radius 3 is 2.85 bits per heavy atom. The lowest BCUT2D eigenvalue weighted by atomic mass is 10.2. The van der Waals surface area contributed by atoms with Crippen LogP contribution in [0.3, 0.4) is 0 Å². The van der Waals surface area contributed by atoms with Gasteiger partial charge in [-0.1, -0.05) is 6.07 Å². The molecule has 12 heteroatoms. The van der Waals surface area contributed by atoms with E-state index in [0.29, 0.717) is 36.8 Å². The van der Waals surface area contributed by atoms with Gasteiger partial charge in [-0.25, -0.2) is 0 Å². The second-order valence-electron chi connectivity index (χ2n) is 6.83. The number of nitrogens with zero attached hydrogens (tertiary/aromatic N) is 4. The molecule has 0 radical (unpaired) electrons. The summed E-state index contributed by atoms with van der Waals surface area (Å²) in [5, 5.41) is 12.6. The number of furan rings is 1. The summed E-state index contributed by atoms with van der Waals surface area (Å²) in [6, 6.07) is 7.85. The highest BCUT2D eigenvalue weighted by molar-refractivity contribution is 6.04. The molecule has 0 aromatic carbocycles. The molecule has 0 saturated carbocycles. The van der Waals surface area contributed by atoms with Gasteiger partial charge in [0.15, 0.2) is 11.5 Å². The first-order chi connectivity index (χ1) is 15.9. The van der Waals surface area contributed by atoms with Crippen molar-refractivity contribution in [3.8, 4) is 22.7 Å². The van der Waals surface area contributed by atoms with Gasteiger partial charge in [0, 0.05) is 25.2 Å². The molecule has 0 aliphatic carbocycles. The fraction of sp³-hybridized carbons (Fsp3) is 0.238. The number of aromatic amines is 1. The molecule has 172 valence electrons. The third kappa shape index (κ3) is 4.95. The summed E-state index contributed by atoms with van der Waals surface area (Å²) < 4.78 is 51.7. The fourth-order valence-electron chi connectivity index (χ4n) is 3.10. The van der Waals surface area contributed by atoms with Crippen LogP contribution in [-0.2, 0) is 17.5 Å². The average Bonchev–Trinajstić information content (AvgIpc) is 3.53. The Morgan fingerprint density at radius 1 is 1.27 bits per heavy atom. The van der Waals surface area contributed by atoms with E-state index < -0.39 is 17.8 Å². The summed E-state index contributed by atoms with van der Waals surface area (Å²) in [7, 11) is 0. The number of alkyl halides is 3. The van der Waals surface area contributed by atoms with Gasteiger partial charge < -0.3 is 14.5 Å². The van der Waals surface area contributed by atoms with Gasteiger partial charge in [-0.15, -0.1) is 0 Å². The quantitative estimate of drug-likeness (QED) is 0.381. The van der Waals surface area contributed by atoms with E-state index in [2.05, 4.69) is 25.6 Å². The van der Waals surface area contributed by atoms with E-state index in [0.717, 1.165) is 6.20 Å². The molecule has 9 nitrogen and oxygen atoms in total. The smallest absolute Gasteiger partial charge is 0.435 e. The van der Waals surface area contributed by atoms with Crippen LogP contribution >= 0.6 is 0 Å². The number of carbonyl (C=O) groups excluding carboxylic acids is 1. The first-order valence-electron chi connectivity index (χ1n) is 9.96. The molecular formula is C21H19F3N6O3. The topological polar surface area (TPSA) is 111 Å². The normalized spacial score (nSPS) is 11.6. The van der Waals surface area contributed by atoms with Crippen LogP contribution in [0, 0.1) is 0 Å². The Morgan fingerprint density at radius 2 is 2.12 bits per heavy atom. The van der Waals surface area contributed by atoms with Gasteiger partial charge in [-0.3, -0.25) is 19.6 Å². The number of anilines is 1. The minimum absolute atomic E-state index is 0.140. The second kappa shape index (κ2) is 9.28. The zero-order valence-electron chi connectivity index (χ0n) is 17.4. The van der Waals surface area contributed by atoms with Crippen LogP contribution in [0.5, 0.6) is 0 Å². The maximum atomic E-state index is 13.1. The Bertz CT molecular complexity index is 1230. The number of pyridine rings is 1. The SMILES string of the molecule is CCOCCn1cc(NC(=O)c2ccc(-c3c[nH]nc3C(F)(F)F)o2)c(-c2ccccn2)n1. The van der Waals surface area contributed by atoms with Crippen molar-refractivity contribution in [2.75, 3.05) is 18.5 Å². The molecule has 0 unspecified atom stereocenters. The number of carbonyl (C=O) groups is 1. The molecule has 0 fully saturated rings. The van der Waals surface area contributed by atoms with Crippen molar-refractivity contribution >= 4 is 11.6 Å². The van der Waals surface area contributed by atoms with Crippen molar-refractivity contribution in [2.45, 2.75) is 19.6 Å². The number of nitrogens with one attached hydrogen (secondary N) is 2. The molecule has 0 atom stereocenters. The number of aromatic nitrogens is 5. The molecule has 2 N–H and O–H groups in total. The lowest BCUT2D eigenvalue weighted by molar-refractivity contribution is -0.140. The number of hydrogen-bond donors (Lipinski definition) is 2. The predicted molar refractivity (Wildman–Crippen MR) is 111 cm³/mol. The summed E-state index contributed by atoms with van der Waals surface area (Å²) in [6.07, 6.45) is -0.381. The van der Waals surface area contributed by atoms with Crippen LogP contribution in [0.2, 0.25) is 0 Å². The van der Waals surface area contributed by atoms with Gasteiger partial charge in [0.25, 0.3) is 5.91 Å². The molecule has 4 aromatic heterocycles. The summed E-state index contributed by atoms with van der Waals surface area (Å²) >= 11 is 0. The summed E-state index contributed by atoms with van der Waals surface area (Å²) in [5.41, 5.74) is -0.0820. The predicted octanol–water partition coefficient (Wildman–Crippen LogP) is 4.24. The zero-order valence-corrected chi connectivity index (χ0v) is 17.4. The third-order valence-corrected chi connectivity index (χ3v) is 4.59. The highest BCUT2D eigenvalue weighted by Gasteiger charge is 2.37. The maximum absolute atomic E-state index is 13.1. The standard InChI is InChI=1S/C21H19F3N6O3/c1-2-32-10-9-30-12-15(18(29-30)14-5-3-4-8-25-14)27-20(31)17-7-6-16(33-17)13-11-26-28-19(13)21(22,23)24/h3-8,11-12H,2,9-10H2,1H3,(H,26,28)(H,27,31). The average molecular weight is 460 g/mol. The van der Waals surface area contributed by atoms with Gasteiger partial charge >= 0.3 is 6.18 Å². The summed E-state index contributed by atoms with van der Waals surface area (Å²) in [6.45, 7) is 3.33. The van der Waals surface area contributed by atoms with E-state index in [4.69, 9.17) is 9.15 Å². The lowest BCUT2D eigenvalue weighted by Crippen LogP contribution is -2.11. The number of hydrogen-bond acceptors (Lipinski definition) is 6. The van der Waals surface area contributed by atoms with E-state index in [1.165, 1.54) is 12.1 Å². The van der Waals surface area contributed by atoms with Crippen molar-refractivity contribution < 1.29 is 27.1 Å². The molecule has 4 rings (SSSR count). The Kier molecular flexibility index (Phi) is 6.27. The van der Waals surface area contributed by atoms with Gasteiger partial charge in [0.05, 0.1) is 30.1 Å². The number of amides is 1. The largest absolute Gasteiger partial charge is 0.451 e. The summed E-state index contributed by atoms with van der Waals surface area (Å²) in [5.74, 6) is -0.966. The maximum Gasteiger partial charge on any atom is 0.435 e. The van der Waals surface area contributed by atoms with Crippen molar-refractivity contribution in [3.05, 3.63) is 60.4 Å². The van der Waals surface area contributed by atoms with Crippen molar-refractivity contribution in [2.24, 2.45) is 0 Å². The third-order valence-electron chi connectivity index (χ3n) is 4.59. The van der Waals surface area contributed by atoms with Crippen LogP contribution in [0.15, 0.2) is 53.3 Å². The minimum atomic E-state index is -4.67. The number of halogens is 3. The van der Waals surface area contributed by atoms with Crippen molar-refractivity contribution in [1.29, 1.82) is 0 Å². The highest BCUT2D eigenvalue weighted by Crippen LogP contribution is 2.36. The molecule has 0 aliphatic rings. The van der Waals surface area contributed by atoms with Crippen LogP contribution < -0.4 is 5.32 Å². The van der Waals surface area contributed by atoms with Gasteiger partial charge in [-0.2, -0.15) is 23.4 Å². The van der Waals surface area contributed by atoms with Gasteiger partial charge in [0.1, 0.15) is 11.5 Å². The van der Waals surface area contributed by atoms with Gasteiger partial charge in [0.2, 0.25) is 0 Å². The van der Waals surface area contributed by atoms with Gasteiger partial charge in [-0.05, 0) is 31.2 Å². The van der Waals surface area contributed by atoms with E-state index in [1.54, 1.807) is 35.3 Å². The Balaban J connectivity index is 1.58. The van der Waals surface area contributed by atoms with Crippen LogP contribution in [0.1, 0.15) is 23.2 Å². The van der Waals surface area contributed by atoms with Crippen LogP contribution in [0.4, 0.5) is 18.9 Å². The molecule has 33 heavy (non-hydrogen) atoms. The molecule has 0 saturated heterocycles. The van der Waals surface area contributed by atoms with E-state index in [9.17, 15) is 18.0 Å². The van der Waals surface area contributed by atoms with Crippen LogP contribution in [-0.4, -0.2) is 44.1 Å². The molecule has 0 spiro atoms.